The lowest BCUT2D eigenvalue weighted by Gasteiger charge is -2.30. The van der Waals surface area contributed by atoms with Gasteiger partial charge in [-0.1, -0.05) is 39.0 Å². The fraction of sp³-hybridized carbons (Fsp3) is 0.923. The van der Waals surface area contributed by atoms with Gasteiger partial charge in [-0.15, -0.1) is 0 Å². The summed E-state index contributed by atoms with van der Waals surface area (Å²) in [4.78, 5) is 13.0. The van der Waals surface area contributed by atoms with Gasteiger partial charge in [0.1, 0.15) is 0 Å². The van der Waals surface area contributed by atoms with E-state index in [9.17, 15) is 4.79 Å². The first-order valence-corrected chi connectivity index (χ1v) is 6.80. The molecule has 1 rings (SSSR count). The Morgan fingerprint density at radius 1 is 1.29 bits per heavy atom. The first-order valence-electron chi connectivity index (χ1n) is 6.80. The molecule has 100 valence electrons. The van der Waals surface area contributed by atoms with Crippen molar-refractivity contribution in [3.63, 3.8) is 0 Å². The van der Waals surface area contributed by atoms with Gasteiger partial charge in [0.2, 0.25) is 0 Å². The van der Waals surface area contributed by atoms with Crippen LogP contribution >= 0.6 is 0 Å². The fourth-order valence-corrected chi connectivity index (χ4v) is 2.17. The summed E-state index contributed by atoms with van der Waals surface area (Å²) in [5.41, 5.74) is 0. The number of carboxylic acid groups (broad SMARTS) is 1. The fourth-order valence-electron chi connectivity index (χ4n) is 2.17. The van der Waals surface area contributed by atoms with Crippen LogP contribution in [0.15, 0.2) is 0 Å². The zero-order valence-electron chi connectivity index (χ0n) is 10.9. The van der Waals surface area contributed by atoms with Gasteiger partial charge in [-0.3, -0.25) is 4.90 Å². The molecular weight excluding hydrogens is 218 g/mol. The van der Waals surface area contributed by atoms with Crippen LogP contribution in [0.4, 0.5) is 0 Å². The van der Waals surface area contributed by atoms with Crippen LogP contribution in [0.25, 0.3) is 0 Å². The van der Waals surface area contributed by atoms with Gasteiger partial charge in [0.25, 0.3) is 0 Å². The molecule has 17 heavy (non-hydrogen) atoms. The highest BCUT2D eigenvalue weighted by molar-refractivity contribution is 5.72. The van der Waals surface area contributed by atoms with E-state index in [4.69, 9.17) is 9.84 Å². The number of ether oxygens (including phenoxy) is 1. The number of rotatable bonds is 8. The van der Waals surface area contributed by atoms with Gasteiger partial charge >= 0.3 is 5.97 Å². The maximum absolute atomic E-state index is 10.8. The Bertz CT molecular complexity index is 221. The van der Waals surface area contributed by atoms with Crippen LogP contribution < -0.4 is 0 Å². The summed E-state index contributed by atoms with van der Waals surface area (Å²) < 4.78 is 5.19. The largest absolute Gasteiger partial charge is 0.479 e. The van der Waals surface area contributed by atoms with E-state index in [1.807, 2.05) is 0 Å². The molecule has 0 aromatic heterocycles. The van der Waals surface area contributed by atoms with Crippen LogP contribution in [0.5, 0.6) is 0 Å². The van der Waals surface area contributed by atoms with Crippen LogP contribution in [-0.2, 0) is 9.53 Å². The lowest BCUT2D eigenvalue weighted by Crippen LogP contribution is -2.46. The number of unbranched alkanes of at least 4 members (excludes halogenated alkanes) is 5. The van der Waals surface area contributed by atoms with Crippen molar-refractivity contribution in [1.82, 2.24) is 4.90 Å². The SMILES string of the molecule is CCCCCCCCN1CCOC(C(=O)O)C1. The Balaban J connectivity index is 2.04. The van der Waals surface area contributed by atoms with E-state index in [1.54, 1.807) is 0 Å². The monoisotopic (exact) mass is 243 g/mol. The highest BCUT2D eigenvalue weighted by atomic mass is 16.5. The van der Waals surface area contributed by atoms with Crippen molar-refractivity contribution in [2.75, 3.05) is 26.2 Å². The molecular formula is C13H25NO3. The standard InChI is InChI=1S/C13H25NO3/c1-2-3-4-5-6-7-8-14-9-10-17-12(11-14)13(15)16/h12H,2-11H2,1H3,(H,15,16). The Morgan fingerprint density at radius 2 is 2.00 bits per heavy atom. The normalized spacial score (nSPS) is 21.6. The van der Waals surface area contributed by atoms with Crippen molar-refractivity contribution in [2.45, 2.75) is 51.6 Å². The summed E-state index contributed by atoms with van der Waals surface area (Å²) in [6.45, 7) is 5.20. The number of carboxylic acids is 1. The van der Waals surface area contributed by atoms with Crippen molar-refractivity contribution in [3.8, 4) is 0 Å². The highest BCUT2D eigenvalue weighted by Gasteiger charge is 2.25. The molecule has 0 aromatic rings. The van der Waals surface area contributed by atoms with E-state index in [0.29, 0.717) is 13.2 Å². The molecule has 0 amide bonds. The quantitative estimate of drug-likeness (QED) is 0.663. The van der Waals surface area contributed by atoms with Gasteiger partial charge in [-0.25, -0.2) is 4.79 Å². The van der Waals surface area contributed by atoms with Crippen molar-refractivity contribution in [3.05, 3.63) is 0 Å². The topological polar surface area (TPSA) is 49.8 Å². The first-order chi connectivity index (χ1) is 8.24. The number of aliphatic carboxylic acids is 1. The third-order valence-corrected chi connectivity index (χ3v) is 3.25. The second kappa shape index (κ2) is 8.48. The minimum absolute atomic E-state index is 0.546. The van der Waals surface area contributed by atoms with Crippen LogP contribution in [0.3, 0.4) is 0 Å². The average molecular weight is 243 g/mol. The predicted octanol–water partition coefficient (Wildman–Crippen LogP) is 2.13. The molecule has 1 aliphatic rings. The van der Waals surface area contributed by atoms with E-state index in [0.717, 1.165) is 13.1 Å². The van der Waals surface area contributed by atoms with Crippen LogP contribution in [0.2, 0.25) is 0 Å². The van der Waals surface area contributed by atoms with Gasteiger partial charge < -0.3 is 9.84 Å². The minimum atomic E-state index is -0.836. The molecule has 1 saturated heterocycles. The zero-order valence-corrected chi connectivity index (χ0v) is 10.9. The van der Waals surface area contributed by atoms with E-state index in [-0.39, 0.29) is 0 Å². The summed E-state index contributed by atoms with van der Waals surface area (Å²) in [6.07, 6.45) is 7.06. The van der Waals surface area contributed by atoms with E-state index >= 15 is 0 Å². The van der Waals surface area contributed by atoms with E-state index in [2.05, 4.69) is 11.8 Å². The Kier molecular flexibility index (Phi) is 7.21. The molecule has 0 spiro atoms. The predicted molar refractivity (Wildman–Crippen MR) is 67.2 cm³/mol. The Labute approximate surface area is 104 Å². The molecule has 1 fully saturated rings. The first kappa shape index (κ1) is 14.5. The molecule has 0 bridgehead atoms. The molecule has 4 heteroatoms. The molecule has 1 aliphatic heterocycles. The Hall–Kier alpha value is -0.610. The van der Waals surface area contributed by atoms with Crippen molar-refractivity contribution >= 4 is 5.97 Å². The minimum Gasteiger partial charge on any atom is -0.479 e. The second-order valence-corrected chi connectivity index (χ2v) is 4.77. The van der Waals surface area contributed by atoms with Crippen molar-refractivity contribution < 1.29 is 14.6 Å². The number of hydrogen-bond donors (Lipinski definition) is 1. The molecule has 0 aliphatic carbocycles. The summed E-state index contributed by atoms with van der Waals surface area (Å²) in [6, 6.07) is 0. The Morgan fingerprint density at radius 3 is 2.71 bits per heavy atom. The average Bonchev–Trinajstić information content (AvgIpc) is 2.34. The smallest absolute Gasteiger partial charge is 0.334 e. The van der Waals surface area contributed by atoms with E-state index in [1.165, 1.54) is 38.5 Å². The molecule has 0 radical (unpaired) electrons. The molecule has 1 unspecified atom stereocenters. The number of morpholine rings is 1. The van der Waals surface area contributed by atoms with Gasteiger partial charge in [0.15, 0.2) is 6.10 Å². The summed E-state index contributed by atoms with van der Waals surface area (Å²) >= 11 is 0. The summed E-state index contributed by atoms with van der Waals surface area (Å²) in [5, 5.41) is 8.87. The lowest BCUT2D eigenvalue weighted by molar-refractivity contribution is -0.156. The molecule has 1 N–H and O–H groups in total. The third kappa shape index (κ3) is 6.03. The molecule has 0 aromatic carbocycles. The maximum Gasteiger partial charge on any atom is 0.334 e. The van der Waals surface area contributed by atoms with Crippen LogP contribution in [-0.4, -0.2) is 48.3 Å². The van der Waals surface area contributed by atoms with Gasteiger partial charge in [0, 0.05) is 13.1 Å². The van der Waals surface area contributed by atoms with Crippen molar-refractivity contribution in [1.29, 1.82) is 0 Å². The molecule has 1 atom stereocenters. The molecule has 0 saturated carbocycles. The van der Waals surface area contributed by atoms with Crippen LogP contribution in [0.1, 0.15) is 45.4 Å². The zero-order chi connectivity index (χ0) is 12.5. The molecule has 1 heterocycles. The molecule has 4 nitrogen and oxygen atoms in total. The summed E-state index contributed by atoms with van der Waals surface area (Å²) in [5.74, 6) is -0.836. The van der Waals surface area contributed by atoms with E-state index < -0.39 is 12.1 Å². The number of hydrogen-bond acceptors (Lipinski definition) is 3. The van der Waals surface area contributed by atoms with Gasteiger partial charge in [-0.05, 0) is 13.0 Å². The maximum atomic E-state index is 10.8. The second-order valence-electron chi connectivity index (χ2n) is 4.77. The summed E-state index contributed by atoms with van der Waals surface area (Å²) in [7, 11) is 0. The van der Waals surface area contributed by atoms with Gasteiger partial charge in [0.05, 0.1) is 6.61 Å². The highest BCUT2D eigenvalue weighted by Crippen LogP contribution is 2.09. The number of carbonyl (C=O) groups is 1. The van der Waals surface area contributed by atoms with Crippen molar-refractivity contribution in [2.24, 2.45) is 0 Å². The lowest BCUT2D eigenvalue weighted by atomic mass is 10.1. The third-order valence-electron chi connectivity index (χ3n) is 3.25. The van der Waals surface area contributed by atoms with Crippen LogP contribution in [0, 0.1) is 0 Å². The van der Waals surface area contributed by atoms with Gasteiger partial charge in [-0.2, -0.15) is 0 Å². The number of nitrogens with zero attached hydrogens (tertiary/aromatic N) is 1.